The van der Waals surface area contributed by atoms with Crippen LogP contribution >= 0.6 is 0 Å². The lowest BCUT2D eigenvalue weighted by atomic mass is 10.1. The maximum atomic E-state index is 5.32. The molecule has 2 aromatic heterocycles. The van der Waals surface area contributed by atoms with Crippen molar-refractivity contribution in [3.8, 4) is 0 Å². The van der Waals surface area contributed by atoms with Crippen molar-refractivity contribution in [2.75, 3.05) is 23.3 Å². The Bertz CT molecular complexity index is 547. The molecule has 106 valence electrons. The number of hydrogen-bond acceptors (Lipinski definition) is 5. The molecule has 5 heteroatoms. The van der Waals surface area contributed by atoms with Gasteiger partial charge in [-0.3, -0.25) is 0 Å². The van der Waals surface area contributed by atoms with Gasteiger partial charge in [-0.1, -0.05) is 0 Å². The Kier molecular flexibility index (Phi) is 3.85. The van der Waals surface area contributed by atoms with Gasteiger partial charge in [0.1, 0.15) is 11.6 Å². The van der Waals surface area contributed by atoms with Gasteiger partial charge in [-0.2, -0.15) is 4.98 Å². The Hall–Kier alpha value is -2.04. The van der Waals surface area contributed by atoms with Gasteiger partial charge in [0.15, 0.2) is 0 Å². The fraction of sp³-hybridized carbons (Fsp3) is 0.467. The van der Waals surface area contributed by atoms with Crippen LogP contribution in [0.15, 0.2) is 28.9 Å². The highest BCUT2D eigenvalue weighted by atomic mass is 16.3. The third kappa shape index (κ3) is 3.10. The fourth-order valence-electron chi connectivity index (χ4n) is 2.47. The van der Waals surface area contributed by atoms with E-state index in [-0.39, 0.29) is 0 Å². The molecule has 0 amide bonds. The summed E-state index contributed by atoms with van der Waals surface area (Å²) >= 11 is 0. The van der Waals surface area contributed by atoms with Crippen LogP contribution in [-0.4, -0.2) is 23.1 Å². The molecule has 0 saturated carbocycles. The molecule has 0 radical (unpaired) electrons. The summed E-state index contributed by atoms with van der Waals surface area (Å²) in [5.41, 5.74) is 0.988. The number of aryl methyl sites for hydroxylation is 1. The highest BCUT2D eigenvalue weighted by molar-refractivity contribution is 5.44. The van der Waals surface area contributed by atoms with E-state index in [2.05, 4.69) is 20.2 Å². The van der Waals surface area contributed by atoms with Crippen molar-refractivity contribution < 1.29 is 4.42 Å². The first-order valence-electron chi connectivity index (χ1n) is 7.18. The van der Waals surface area contributed by atoms with Crippen LogP contribution in [0.3, 0.4) is 0 Å². The van der Waals surface area contributed by atoms with Crippen LogP contribution in [0.25, 0.3) is 0 Å². The Morgan fingerprint density at radius 1 is 1.25 bits per heavy atom. The Morgan fingerprint density at radius 3 is 2.85 bits per heavy atom. The molecule has 1 aliphatic heterocycles. The molecule has 0 unspecified atom stereocenters. The van der Waals surface area contributed by atoms with Crippen LogP contribution in [0, 0.1) is 6.92 Å². The van der Waals surface area contributed by atoms with Crippen molar-refractivity contribution >= 4 is 11.8 Å². The van der Waals surface area contributed by atoms with Gasteiger partial charge in [0.2, 0.25) is 5.95 Å². The number of aromatic nitrogens is 2. The second-order valence-corrected chi connectivity index (χ2v) is 5.18. The van der Waals surface area contributed by atoms with E-state index in [1.165, 1.54) is 19.3 Å². The number of nitrogens with zero attached hydrogens (tertiary/aromatic N) is 3. The molecular formula is C15H20N4O. The van der Waals surface area contributed by atoms with Crippen LogP contribution in [0.5, 0.6) is 0 Å². The Morgan fingerprint density at radius 2 is 2.10 bits per heavy atom. The Labute approximate surface area is 119 Å². The molecule has 3 rings (SSSR count). The number of nitrogens with one attached hydrogen (secondary N) is 1. The summed E-state index contributed by atoms with van der Waals surface area (Å²) in [5.74, 6) is 2.60. The maximum Gasteiger partial charge on any atom is 0.227 e. The SMILES string of the molecule is Cc1cc(NCc2ccco2)nc(N2CCCCC2)n1. The molecule has 1 fully saturated rings. The Balaban J connectivity index is 1.72. The van der Waals surface area contributed by atoms with E-state index in [1.807, 2.05) is 25.1 Å². The van der Waals surface area contributed by atoms with Crippen molar-refractivity contribution in [2.45, 2.75) is 32.7 Å². The van der Waals surface area contributed by atoms with E-state index in [0.717, 1.165) is 36.3 Å². The monoisotopic (exact) mass is 272 g/mol. The summed E-state index contributed by atoms with van der Waals surface area (Å²) < 4.78 is 5.32. The summed E-state index contributed by atoms with van der Waals surface area (Å²) in [6.07, 6.45) is 5.45. The number of rotatable bonds is 4. The zero-order valence-corrected chi connectivity index (χ0v) is 11.8. The minimum Gasteiger partial charge on any atom is -0.467 e. The molecule has 0 atom stereocenters. The number of hydrogen-bond donors (Lipinski definition) is 1. The van der Waals surface area contributed by atoms with Gasteiger partial charge in [0.05, 0.1) is 12.8 Å². The predicted octanol–water partition coefficient (Wildman–Crippen LogP) is 2.98. The van der Waals surface area contributed by atoms with Crippen LogP contribution in [0.4, 0.5) is 11.8 Å². The van der Waals surface area contributed by atoms with Crippen LogP contribution in [-0.2, 0) is 6.54 Å². The first-order valence-corrected chi connectivity index (χ1v) is 7.18. The van der Waals surface area contributed by atoms with E-state index in [0.29, 0.717) is 6.54 Å². The maximum absolute atomic E-state index is 5.32. The van der Waals surface area contributed by atoms with Gasteiger partial charge in [-0.05, 0) is 38.3 Å². The molecule has 1 aliphatic rings. The van der Waals surface area contributed by atoms with E-state index in [4.69, 9.17) is 4.42 Å². The quantitative estimate of drug-likeness (QED) is 0.927. The van der Waals surface area contributed by atoms with Crippen molar-refractivity contribution in [1.82, 2.24) is 9.97 Å². The summed E-state index contributed by atoms with van der Waals surface area (Å²) in [6, 6.07) is 5.81. The second-order valence-electron chi connectivity index (χ2n) is 5.18. The zero-order chi connectivity index (χ0) is 13.8. The third-order valence-corrected chi connectivity index (χ3v) is 3.51. The number of furan rings is 1. The molecule has 0 aromatic carbocycles. The standard InChI is InChI=1S/C15H20N4O/c1-12-10-14(16-11-13-6-5-9-20-13)18-15(17-12)19-7-3-2-4-8-19/h5-6,9-10H,2-4,7-8,11H2,1H3,(H,16,17,18). The number of piperidine rings is 1. The lowest BCUT2D eigenvalue weighted by molar-refractivity contribution is 0.517. The number of anilines is 2. The lowest BCUT2D eigenvalue weighted by Gasteiger charge is -2.27. The van der Waals surface area contributed by atoms with Gasteiger partial charge in [-0.15, -0.1) is 0 Å². The minimum atomic E-state index is 0.642. The summed E-state index contributed by atoms with van der Waals surface area (Å²) in [4.78, 5) is 11.4. The summed E-state index contributed by atoms with van der Waals surface area (Å²) in [6.45, 7) is 4.76. The molecule has 0 bridgehead atoms. The molecule has 3 heterocycles. The van der Waals surface area contributed by atoms with Gasteiger partial charge < -0.3 is 14.6 Å². The smallest absolute Gasteiger partial charge is 0.227 e. The summed E-state index contributed by atoms with van der Waals surface area (Å²) in [5, 5.41) is 3.30. The van der Waals surface area contributed by atoms with E-state index in [1.54, 1.807) is 6.26 Å². The molecular weight excluding hydrogens is 252 g/mol. The predicted molar refractivity (Wildman–Crippen MR) is 78.9 cm³/mol. The highest BCUT2D eigenvalue weighted by Gasteiger charge is 2.14. The molecule has 0 spiro atoms. The minimum absolute atomic E-state index is 0.642. The molecule has 2 aromatic rings. The average Bonchev–Trinajstić information content (AvgIpc) is 2.99. The van der Waals surface area contributed by atoms with Crippen LogP contribution < -0.4 is 10.2 Å². The van der Waals surface area contributed by atoms with Crippen LogP contribution in [0.2, 0.25) is 0 Å². The lowest BCUT2D eigenvalue weighted by Crippen LogP contribution is -2.31. The normalized spacial score (nSPS) is 15.3. The fourth-order valence-corrected chi connectivity index (χ4v) is 2.47. The van der Waals surface area contributed by atoms with E-state index >= 15 is 0 Å². The molecule has 20 heavy (non-hydrogen) atoms. The van der Waals surface area contributed by atoms with Crippen molar-refractivity contribution in [2.24, 2.45) is 0 Å². The van der Waals surface area contributed by atoms with Gasteiger partial charge in [-0.25, -0.2) is 4.98 Å². The highest BCUT2D eigenvalue weighted by Crippen LogP contribution is 2.18. The first-order chi connectivity index (χ1) is 9.81. The largest absolute Gasteiger partial charge is 0.467 e. The van der Waals surface area contributed by atoms with Crippen LogP contribution in [0.1, 0.15) is 30.7 Å². The van der Waals surface area contributed by atoms with Crippen molar-refractivity contribution in [3.63, 3.8) is 0 Å². The molecule has 1 saturated heterocycles. The van der Waals surface area contributed by atoms with Gasteiger partial charge in [0.25, 0.3) is 0 Å². The molecule has 1 N–H and O–H groups in total. The second kappa shape index (κ2) is 5.94. The van der Waals surface area contributed by atoms with Crippen molar-refractivity contribution in [1.29, 1.82) is 0 Å². The molecule has 5 nitrogen and oxygen atoms in total. The van der Waals surface area contributed by atoms with Gasteiger partial charge >= 0.3 is 0 Å². The van der Waals surface area contributed by atoms with Crippen molar-refractivity contribution in [3.05, 3.63) is 35.9 Å². The molecule has 0 aliphatic carbocycles. The average molecular weight is 272 g/mol. The van der Waals surface area contributed by atoms with E-state index < -0.39 is 0 Å². The first kappa shape index (κ1) is 13.0. The van der Waals surface area contributed by atoms with Gasteiger partial charge in [0, 0.05) is 24.8 Å². The zero-order valence-electron chi connectivity index (χ0n) is 11.8. The third-order valence-electron chi connectivity index (χ3n) is 3.51. The summed E-state index contributed by atoms with van der Waals surface area (Å²) in [7, 11) is 0. The van der Waals surface area contributed by atoms with E-state index in [9.17, 15) is 0 Å². The topological polar surface area (TPSA) is 54.2 Å².